The number of carbonyl (C=O) groups is 1. The topological polar surface area (TPSA) is 70.2 Å². The first-order chi connectivity index (χ1) is 8.02. The average Bonchev–Trinajstić information content (AvgIpc) is 2.26. The highest BCUT2D eigenvalue weighted by Gasteiger charge is 2.11. The van der Waals surface area contributed by atoms with Crippen LogP contribution in [0.1, 0.15) is 23.0 Å². The molecule has 0 atom stereocenters. The molecule has 0 aliphatic carbocycles. The van der Waals surface area contributed by atoms with E-state index in [9.17, 15) is 9.59 Å². The van der Waals surface area contributed by atoms with Crippen LogP contribution in [0.4, 0.5) is 0 Å². The Bertz CT molecular complexity index is 661. The van der Waals surface area contributed by atoms with E-state index in [-0.39, 0.29) is 11.1 Å². The molecule has 0 amide bonds. The third kappa shape index (κ3) is 2.03. The van der Waals surface area contributed by atoms with Crippen molar-refractivity contribution in [2.24, 2.45) is 0 Å². The molecule has 1 aromatic carbocycles. The molecule has 88 valence electrons. The molecule has 2 aromatic rings. The minimum atomic E-state index is -1.16. The fourth-order valence-electron chi connectivity index (χ4n) is 1.83. The van der Waals surface area contributed by atoms with Gasteiger partial charge in [-0.15, -0.1) is 0 Å². The number of pyridine rings is 1. The number of carboxylic acid groups (broad SMARTS) is 1. The lowest BCUT2D eigenvalue weighted by molar-refractivity contribution is 0.0691. The molecule has 0 aliphatic heterocycles. The number of nitrogens with one attached hydrogen (secondary N) is 1. The number of fused-ring (bicyclic) bond motifs is 1. The molecule has 0 fully saturated rings. The van der Waals surface area contributed by atoms with Crippen LogP contribution in [-0.2, 0) is 6.42 Å². The third-order valence-electron chi connectivity index (χ3n) is 2.59. The molecule has 1 heterocycles. The normalized spacial score (nSPS) is 10.7. The summed E-state index contributed by atoms with van der Waals surface area (Å²) in [4.78, 5) is 25.4. The second-order valence-corrected chi connectivity index (χ2v) is 4.13. The monoisotopic (exact) mass is 251 g/mol. The SMILES string of the molecule is CCc1cc(Cl)cc2[nH]c(C(=O)O)cc(=O)c12. The molecule has 2 rings (SSSR count). The molecular weight excluding hydrogens is 242 g/mol. The van der Waals surface area contributed by atoms with Gasteiger partial charge in [-0.1, -0.05) is 18.5 Å². The number of carboxylic acids is 1. The van der Waals surface area contributed by atoms with Crippen molar-refractivity contribution in [3.8, 4) is 0 Å². The van der Waals surface area contributed by atoms with Crippen LogP contribution in [0.15, 0.2) is 23.0 Å². The molecule has 0 radical (unpaired) electrons. The summed E-state index contributed by atoms with van der Waals surface area (Å²) in [6.45, 7) is 1.91. The molecule has 0 bridgehead atoms. The molecule has 0 aliphatic rings. The molecule has 2 N–H and O–H groups in total. The Morgan fingerprint density at radius 1 is 1.41 bits per heavy atom. The van der Waals surface area contributed by atoms with Gasteiger partial charge in [-0.2, -0.15) is 0 Å². The van der Waals surface area contributed by atoms with Crippen LogP contribution in [0, 0.1) is 0 Å². The molecular formula is C12H10ClNO3. The Morgan fingerprint density at radius 2 is 2.12 bits per heavy atom. The predicted octanol–water partition coefficient (Wildman–Crippen LogP) is 2.44. The van der Waals surface area contributed by atoms with Crippen LogP contribution < -0.4 is 5.43 Å². The van der Waals surface area contributed by atoms with Gasteiger partial charge in [-0.05, 0) is 24.1 Å². The Morgan fingerprint density at radius 3 is 2.71 bits per heavy atom. The van der Waals surface area contributed by atoms with Crippen LogP contribution >= 0.6 is 11.6 Å². The summed E-state index contributed by atoms with van der Waals surface area (Å²) in [6.07, 6.45) is 0.659. The number of hydrogen-bond acceptors (Lipinski definition) is 2. The molecule has 1 aromatic heterocycles. The van der Waals surface area contributed by atoms with E-state index >= 15 is 0 Å². The number of aromatic carboxylic acids is 1. The van der Waals surface area contributed by atoms with Crippen molar-refractivity contribution in [1.29, 1.82) is 0 Å². The maximum absolute atomic E-state index is 11.9. The van der Waals surface area contributed by atoms with Gasteiger partial charge in [0.05, 0.1) is 5.52 Å². The van der Waals surface area contributed by atoms with E-state index in [0.29, 0.717) is 22.3 Å². The fourth-order valence-corrected chi connectivity index (χ4v) is 2.07. The largest absolute Gasteiger partial charge is 0.477 e. The van der Waals surface area contributed by atoms with Gasteiger partial charge in [0.1, 0.15) is 5.69 Å². The molecule has 4 nitrogen and oxygen atoms in total. The van der Waals surface area contributed by atoms with Crippen molar-refractivity contribution >= 4 is 28.5 Å². The number of H-pyrrole nitrogens is 1. The summed E-state index contributed by atoms with van der Waals surface area (Å²) in [7, 11) is 0. The number of aromatic nitrogens is 1. The first-order valence-corrected chi connectivity index (χ1v) is 5.49. The number of halogens is 1. The zero-order valence-electron chi connectivity index (χ0n) is 9.08. The first kappa shape index (κ1) is 11.7. The molecule has 0 saturated heterocycles. The van der Waals surface area contributed by atoms with Crippen molar-refractivity contribution in [2.45, 2.75) is 13.3 Å². The lowest BCUT2D eigenvalue weighted by Crippen LogP contribution is -2.11. The quantitative estimate of drug-likeness (QED) is 0.861. The Hall–Kier alpha value is -1.81. The number of aromatic amines is 1. The Balaban J connectivity index is 2.90. The first-order valence-electron chi connectivity index (χ1n) is 5.11. The van der Waals surface area contributed by atoms with Gasteiger partial charge in [0.2, 0.25) is 0 Å². The minimum Gasteiger partial charge on any atom is -0.477 e. The highest BCUT2D eigenvalue weighted by Crippen LogP contribution is 2.21. The summed E-state index contributed by atoms with van der Waals surface area (Å²) >= 11 is 5.92. The highest BCUT2D eigenvalue weighted by molar-refractivity contribution is 6.31. The van der Waals surface area contributed by atoms with Crippen LogP contribution in [0.3, 0.4) is 0 Å². The van der Waals surface area contributed by atoms with E-state index in [4.69, 9.17) is 16.7 Å². The average molecular weight is 252 g/mol. The van der Waals surface area contributed by atoms with Gasteiger partial charge in [0.15, 0.2) is 5.43 Å². The van der Waals surface area contributed by atoms with Crippen molar-refractivity contribution in [3.05, 3.63) is 44.7 Å². The standard InChI is InChI=1S/C12H10ClNO3/c1-2-6-3-7(13)4-8-11(6)10(15)5-9(14-8)12(16)17/h3-5H,2H2,1H3,(H,14,15)(H,16,17). The zero-order valence-corrected chi connectivity index (χ0v) is 9.84. The van der Waals surface area contributed by atoms with Crippen LogP contribution in [0.25, 0.3) is 10.9 Å². The van der Waals surface area contributed by atoms with Crippen molar-refractivity contribution in [3.63, 3.8) is 0 Å². The van der Waals surface area contributed by atoms with Gasteiger partial charge in [0.25, 0.3) is 0 Å². The summed E-state index contributed by atoms with van der Waals surface area (Å²) < 4.78 is 0. The summed E-state index contributed by atoms with van der Waals surface area (Å²) in [5, 5.41) is 9.84. The molecule has 5 heteroatoms. The number of aryl methyl sites for hydroxylation is 1. The highest BCUT2D eigenvalue weighted by atomic mass is 35.5. The van der Waals surface area contributed by atoms with Crippen molar-refractivity contribution in [1.82, 2.24) is 4.98 Å². The predicted molar refractivity (Wildman–Crippen MR) is 65.9 cm³/mol. The number of benzene rings is 1. The smallest absolute Gasteiger partial charge is 0.352 e. The van der Waals surface area contributed by atoms with E-state index in [2.05, 4.69) is 4.98 Å². The van der Waals surface area contributed by atoms with E-state index in [1.807, 2.05) is 6.92 Å². The number of hydrogen-bond donors (Lipinski definition) is 2. The van der Waals surface area contributed by atoms with Crippen molar-refractivity contribution in [2.75, 3.05) is 0 Å². The van der Waals surface area contributed by atoms with Crippen molar-refractivity contribution < 1.29 is 9.90 Å². The van der Waals surface area contributed by atoms with E-state index in [0.717, 1.165) is 11.6 Å². The maximum atomic E-state index is 11.9. The maximum Gasteiger partial charge on any atom is 0.352 e. The van der Waals surface area contributed by atoms with Crippen LogP contribution in [0.5, 0.6) is 0 Å². The Kier molecular flexibility index (Phi) is 2.90. The van der Waals surface area contributed by atoms with Gasteiger partial charge < -0.3 is 10.1 Å². The second kappa shape index (κ2) is 4.22. The third-order valence-corrected chi connectivity index (χ3v) is 2.81. The van der Waals surface area contributed by atoms with Crippen LogP contribution in [0.2, 0.25) is 5.02 Å². The summed E-state index contributed by atoms with van der Waals surface area (Å²) in [6, 6.07) is 4.38. The van der Waals surface area contributed by atoms with E-state index in [1.165, 1.54) is 0 Å². The lowest BCUT2D eigenvalue weighted by Gasteiger charge is -2.06. The minimum absolute atomic E-state index is 0.133. The summed E-state index contributed by atoms with van der Waals surface area (Å²) in [5.41, 5.74) is 0.835. The van der Waals surface area contributed by atoms with E-state index < -0.39 is 5.97 Å². The van der Waals surface area contributed by atoms with Gasteiger partial charge in [0, 0.05) is 16.5 Å². The Labute approximate surface area is 102 Å². The van der Waals surface area contributed by atoms with E-state index in [1.54, 1.807) is 12.1 Å². The van der Waals surface area contributed by atoms with Gasteiger partial charge in [-0.25, -0.2) is 4.79 Å². The number of rotatable bonds is 2. The second-order valence-electron chi connectivity index (χ2n) is 3.69. The molecule has 0 saturated carbocycles. The van der Waals surface area contributed by atoms with Crippen LogP contribution in [-0.4, -0.2) is 16.1 Å². The molecule has 0 unspecified atom stereocenters. The summed E-state index contributed by atoms with van der Waals surface area (Å²) in [5.74, 6) is -1.16. The fraction of sp³-hybridized carbons (Fsp3) is 0.167. The molecule has 17 heavy (non-hydrogen) atoms. The lowest BCUT2D eigenvalue weighted by atomic mass is 10.1. The zero-order chi connectivity index (χ0) is 12.6. The van der Waals surface area contributed by atoms with Gasteiger partial charge in [-0.3, -0.25) is 4.79 Å². The van der Waals surface area contributed by atoms with Gasteiger partial charge >= 0.3 is 5.97 Å². The molecule has 0 spiro atoms.